The summed E-state index contributed by atoms with van der Waals surface area (Å²) in [6.07, 6.45) is 0.281. The van der Waals surface area contributed by atoms with Gasteiger partial charge in [-0.2, -0.15) is 0 Å². The number of nitrogens with two attached hydrogens (primary N) is 1. The van der Waals surface area contributed by atoms with Crippen LogP contribution in [0.5, 0.6) is 0 Å². The van der Waals surface area contributed by atoms with Crippen LogP contribution in [0, 0.1) is 6.92 Å². The summed E-state index contributed by atoms with van der Waals surface area (Å²) < 4.78 is 4.61. The maximum Gasteiger partial charge on any atom is 0.306 e. The second-order valence-electron chi connectivity index (χ2n) is 3.42. The Bertz CT molecular complexity index is 339. The summed E-state index contributed by atoms with van der Waals surface area (Å²) in [5.41, 5.74) is 7.39. The van der Waals surface area contributed by atoms with E-state index >= 15 is 0 Å². The highest BCUT2D eigenvalue weighted by Crippen LogP contribution is 2.16. The molecule has 0 radical (unpaired) electrons. The van der Waals surface area contributed by atoms with Crippen molar-refractivity contribution < 1.29 is 9.53 Å². The van der Waals surface area contributed by atoms with Crippen molar-refractivity contribution in [1.29, 1.82) is 0 Å². The minimum atomic E-state index is -0.256. The van der Waals surface area contributed by atoms with Gasteiger partial charge in [0.1, 0.15) is 0 Å². The van der Waals surface area contributed by atoms with Crippen LogP contribution in [0.4, 0.5) is 0 Å². The molecule has 1 unspecified atom stereocenters. The molecule has 1 aromatic rings. The highest BCUT2D eigenvalue weighted by Gasteiger charge is 2.16. The summed E-state index contributed by atoms with van der Waals surface area (Å²) in [7, 11) is 1.37. The molecule has 82 valence electrons. The first kappa shape index (κ1) is 11.7. The molecular formula is C11H16N2O2. The van der Waals surface area contributed by atoms with Gasteiger partial charge in [-0.25, -0.2) is 0 Å². The molecule has 2 N–H and O–H groups in total. The van der Waals surface area contributed by atoms with Gasteiger partial charge in [0.2, 0.25) is 0 Å². The smallest absolute Gasteiger partial charge is 0.306 e. The number of aryl methyl sites for hydroxylation is 1. The Hall–Kier alpha value is -1.42. The Morgan fingerprint density at radius 2 is 2.33 bits per heavy atom. The quantitative estimate of drug-likeness (QED) is 0.749. The van der Waals surface area contributed by atoms with Crippen LogP contribution < -0.4 is 5.73 Å². The molecule has 0 aliphatic carbocycles. The number of esters is 1. The molecule has 0 aliphatic rings. The molecule has 15 heavy (non-hydrogen) atoms. The number of methoxy groups -OCH3 is 1. The molecule has 0 amide bonds. The van der Waals surface area contributed by atoms with Gasteiger partial charge in [-0.1, -0.05) is 6.07 Å². The number of carbonyl (C=O) groups excluding carboxylic acids is 1. The van der Waals surface area contributed by atoms with E-state index in [1.165, 1.54) is 7.11 Å². The first-order valence-electron chi connectivity index (χ1n) is 4.87. The van der Waals surface area contributed by atoms with Crippen molar-refractivity contribution in [2.75, 3.05) is 13.7 Å². The standard InChI is InChI=1S/C11H16N2O2/c1-8-4-3-5-10(13-8)9(7-12)6-11(14)15-2/h3-5,9H,6-7,12H2,1-2H3. The number of pyridine rings is 1. The van der Waals surface area contributed by atoms with Gasteiger partial charge in [0, 0.05) is 23.9 Å². The number of aromatic nitrogens is 1. The third kappa shape index (κ3) is 3.32. The summed E-state index contributed by atoms with van der Waals surface area (Å²) in [6, 6.07) is 5.71. The molecule has 0 fully saturated rings. The topological polar surface area (TPSA) is 65.2 Å². The highest BCUT2D eigenvalue weighted by atomic mass is 16.5. The van der Waals surface area contributed by atoms with Crippen molar-refractivity contribution in [1.82, 2.24) is 4.98 Å². The van der Waals surface area contributed by atoms with E-state index in [0.29, 0.717) is 6.54 Å². The Morgan fingerprint density at radius 1 is 1.60 bits per heavy atom. The summed E-state index contributed by atoms with van der Waals surface area (Å²) in [4.78, 5) is 15.5. The maximum atomic E-state index is 11.1. The van der Waals surface area contributed by atoms with Crippen molar-refractivity contribution in [3.8, 4) is 0 Å². The lowest BCUT2D eigenvalue weighted by Gasteiger charge is -2.12. The molecule has 1 rings (SSSR count). The van der Waals surface area contributed by atoms with Gasteiger partial charge < -0.3 is 10.5 Å². The molecule has 0 saturated heterocycles. The highest BCUT2D eigenvalue weighted by molar-refractivity contribution is 5.70. The van der Waals surface area contributed by atoms with Crippen molar-refractivity contribution in [2.45, 2.75) is 19.3 Å². The Morgan fingerprint density at radius 3 is 2.87 bits per heavy atom. The minimum absolute atomic E-state index is 0.0580. The summed E-state index contributed by atoms with van der Waals surface area (Å²) in [5, 5.41) is 0. The van der Waals surface area contributed by atoms with E-state index < -0.39 is 0 Å². The Balaban J connectivity index is 2.78. The van der Waals surface area contributed by atoms with Crippen LogP contribution >= 0.6 is 0 Å². The van der Waals surface area contributed by atoms with Gasteiger partial charge >= 0.3 is 5.97 Å². The van der Waals surface area contributed by atoms with E-state index in [2.05, 4.69) is 9.72 Å². The number of nitrogens with zero attached hydrogens (tertiary/aromatic N) is 1. The Kier molecular flexibility index (Phi) is 4.24. The van der Waals surface area contributed by atoms with Crippen molar-refractivity contribution in [2.24, 2.45) is 5.73 Å². The lowest BCUT2D eigenvalue weighted by Crippen LogP contribution is -2.18. The zero-order valence-electron chi connectivity index (χ0n) is 9.06. The SMILES string of the molecule is COC(=O)CC(CN)c1cccc(C)n1. The van der Waals surface area contributed by atoms with Gasteiger partial charge in [0.25, 0.3) is 0 Å². The molecule has 0 bridgehead atoms. The maximum absolute atomic E-state index is 11.1. The first-order chi connectivity index (χ1) is 7.17. The first-order valence-corrected chi connectivity index (χ1v) is 4.87. The second kappa shape index (κ2) is 5.46. The summed E-state index contributed by atoms with van der Waals surface area (Å²) >= 11 is 0. The van der Waals surface area contributed by atoms with Gasteiger partial charge in [-0.3, -0.25) is 9.78 Å². The van der Waals surface area contributed by atoms with Crippen molar-refractivity contribution in [3.05, 3.63) is 29.6 Å². The van der Waals surface area contributed by atoms with E-state index in [0.717, 1.165) is 11.4 Å². The van der Waals surface area contributed by atoms with Crippen LogP contribution in [0.1, 0.15) is 23.7 Å². The molecule has 0 aromatic carbocycles. The lowest BCUT2D eigenvalue weighted by atomic mass is 10.0. The van der Waals surface area contributed by atoms with Crippen LogP contribution in [0.25, 0.3) is 0 Å². The van der Waals surface area contributed by atoms with E-state index in [-0.39, 0.29) is 18.3 Å². The minimum Gasteiger partial charge on any atom is -0.469 e. The Labute approximate surface area is 89.5 Å². The van der Waals surface area contributed by atoms with Crippen LogP contribution in [0.15, 0.2) is 18.2 Å². The molecule has 4 nitrogen and oxygen atoms in total. The number of ether oxygens (including phenoxy) is 1. The largest absolute Gasteiger partial charge is 0.469 e. The fourth-order valence-corrected chi connectivity index (χ4v) is 1.38. The van der Waals surface area contributed by atoms with Crippen molar-refractivity contribution >= 4 is 5.97 Å². The van der Waals surface area contributed by atoms with Gasteiger partial charge in [0.05, 0.1) is 13.5 Å². The fraction of sp³-hybridized carbons (Fsp3) is 0.455. The number of rotatable bonds is 4. The molecular weight excluding hydrogens is 192 g/mol. The lowest BCUT2D eigenvalue weighted by molar-refractivity contribution is -0.141. The predicted octanol–water partition coefficient (Wildman–Crippen LogP) is 0.995. The molecule has 0 aliphatic heterocycles. The monoisotopic (exact) mass is 208 g/mol. The average Bonchev–Trinajstić information content (AvgIpc) is 2.25. The molecule has 1 aromatic heterocycles. The molecule has 0 spiro atoms. The molecule has 0 saturated carbocycles. The van der Waals surface area contributed by atoms with Crippen LogP contribution in [0.3, 0.4) is 0 Å². The molecule has 1 heterocycles. The number of hydrogen-bond acceptors (Lipinski definition) is 4. The van der Waals surface area contributed by atoms with Crippen LogP contribution in [0.2, 0.25) is 0 Å². The van der Waals surface area contributed by atoms with Crippen LogP contribution in [-0.4, -0.2) is 24.6 Å². The van der Waals surface area contributed by atoms with Gasteiger partial charge in [-0.05, 0) is 19.1 Å². The fourth-order valence-electron chi connectivity index (χ4n) is 1.38. The number of carbonyl (C=O) groups is 1. The van der Waals surface area contributed by atoms with E-state index in [1.54, 1.807) is 0 Å². The predicted molar refractivity (Wildman–Crippen MR) is 57.4 cm³/mol. The molecule has 4 heteroatoms. The zero-order valence-corrected chi connectivity index (χ0v) is 9.06. The van der Waals surface area contributed by atoms with E-state index in [4.69, 9.17) is 5.73 Å². The normalized spacial score (nSPS) is 12.2. The molecule has 1 atom stereocenters. The van der Waals surface area contributed by atoms with E-state index in [1.807, 2.05) is 25.1 Å². The average molecular weight is 208 g/mol. The van der Waals surface area contributed by atoms with Gasteiger partial charge in [0.15, 0.2) is 0 Å². The summed E-state index contributed by atoms with van der Waals surface area (Å²) in [6.45, 7) is 2.31. The van der Waals surface area contributed by atoms with E-state index in [9.17, 15) is 4.79 Å². The summed E-state index contributed by atoms with van der Waals surface area (Å²) in [5.74, 6) is -0.314. The third-order valence-electron chi connectivity index (χ3n) is 2.25. The third-order valence-corrected chi connectivity index (χ3v) is 2.25. The van der Waals surface area contributed by atoms with Crippen molar-refractivity contribution in [3.63, 3.8) is 0 Å². The zero-order chi connectivity index (χ0) is 11.3. The number of hydrogen-bond donors (Lipinski definition) is 1. The van der Waals surface area contributed by atoms with Gasteiger partial charge in [-0.15, -0.1) is 0 Å². The second-order valence-corrected chi connectivity index (χ2v) is 3.42. The van der Waals surface area contributed by atoms with Crippen LogP contribution in [-0.2, 0) is 9.53 Å².